The monoisotopic (exact) mass is 339 g/mol. The van der Waals surface area contributed by atoms with E-state index in [4.69, 9.17) is 5.11 Å². The van der Waals surface area contributed by atoms with E-state index in [0.717, 1.165) is 44.0 Å². The van der Waals surface area contributed by atoms with Crippen LogP contribution in [0.3, 0.4) is 0 Å². The SMILES string of the molecule is CCN1CCN(c2cccc(NCc3ccc(C(=O)O)cc3)c2)CC1. The number of hydrogen-bond acceptors (Lipinski definition) is 4. The molecule has 3 rings (SSSR count). The van der Waals surface area contributed by atoms with E-state index >= 15 is 0 Å². The van der Waals surface area contributed by atoms with E-state index in [2.05, 4.69) is 46.3 Å². The van der Waals surface area contributed by atoms with Gasteiger partial charge in [-0.3, -0.25) is 0 Å². The lowest BCUT2D eigenvalue weighted by atomic mass is 10.1. The van der Waals surface area contributed by atoms with Crippen molar-refractivity contribution in [3.63, 3.8) is 0 Å². The van der Waals surface area contributed by atoms with Crippen molar-refractivity contribution >= 4 is 17.3 Å². The zero-order chi connectivity index (χ0) is 17.6. The van der Waals surface area contributed by atoms with Gasteiger partial charge in [0.05, 0.1) is 5.56 Å². The topological polar surface area (TPSA) is 55.8 Å². The molecule has 5 heteroatoms. The minimum atomic E-state index is -0.893. The molecule has 0 bridgehead atoms. The van der Waals surface area contributed by atoms with Crippen molar-refractivity contribution < 1.29 is 9.90 Å². The first-order valence-electron chi connectivity index (χ1n) is 8.79. The molecule has 0 atom stereocenters. The lowest BCUT2D eigenvalue weighted by Gasteiger charge is -2.35. The van der Waals surface area contributed by atoms with Crippen molar-refractivity contribution in [2.24, 2.45) is 0 Å². The minimum Gasteiger partial charge on any atom is -0.478 e. The maximum atomic E-state index is 10.9. The van der Waals surface area contributed by atoms with E-state index < -0.39 is 5.97 Å². The summed E-state index contributed by atoms with van der Waals surface area (Å²) in [5, 5.41) is 12.4. The summed E-state index contributed by atoms with van der Waals surface area (Å²) in [6.45, 7) is 8.36. The number of carboxylic acid groups (broad SMARTS) is 1. The fourth-order valence-corrected chi connectivity index (χ4v) is 3.10. The molecular weight excluding hydrogens is 314 g/mol. The summed E-state index contributed by atoms with van der Waals surface area (Å²) in [6.07, 6.45) is 0. The predicted octanol–water partition coefficient (Wildman–Crippen LogP) is 3.14. The molecule has 25 heavy (non-hydrogen) atoms. The molecule has 5 nitrogen and oxygen atoms in total. The van der Waals surface area contributed by atoms with Crippen molar-refractivity contribution in [2.75, 3.05) is 42.9 Å². The Morgan fingerprint density at radius 2 is 1.80 bits per heavy atom. The first-order chi connectivity index (χ1) is 12.2. The van der Waals surface area contributed by atoms with Crippen LogP contribution in [0.2, 0.25) is 0 Å². The van der Waals surface area contributed by atoms with Crippen LogP contribution in [0.4, 0.5) is 11.4 Å². The quantitative estimate of drug-likeness (QED) is 0.847. The van der Waals surface area contributed by atoms with Gasteiger partial charge in [-0.2, -0.15) is 0 Å². The van der Waals surface area contributed by atoms with E-state index in [9.17, 15) is 4.79 Å². The first-order valence-corrected chi connectivity index (χ1v) is 8.79. The third-order valence-electron chi connectivity index (χ3n) is 4.73. The van der Waals surface area contributed by atoms with Crippen molar-refractivity contribution in [3.8, 4) is 0 Å². The van der Waals surface area contributed by atoms with E-state index in [1.165, 1.54) is 5.69 Å². The van der Waals surface area contributed by atoms with Crippen LogP contribution in [0.5, 0.6) is 0 Å². The van der Waals surface area contributed by atoms with Crippen molar-refractivity contribution in [2.45, 2.75) is 13.5 Å². The van der Waals surface area contributed by atoms with Crippen LogP contribution >= 0.6 is 0 Å². The summed E-state index contributed by atoms with van der Waals surface area (Å²) < 4.78 is 0. The van der Waals surface area contributed by atoms with Gasteiger partial charge < -0.3 is 20.2 Å². The van der Waals surface area contributed by atoms with E-state index in [1.54, 1.807) is 12.1 Å². The number of carbonyl (C=O) groups is 1. The Bertz CT molecular complexity index is 707. The molecule has 1 heterocycles. The Morgan fingerprint density at radius 1 is 1.08 bits per heavy atom. The lowest BCUT2D eigenvalue weighted by molar-refractivity contribution is 0.0697. The van der Waals surface area contributed by atoms with Crippen LogP contribution < -0.4 is 10.2 Å². The number of carboxylic acids is 1. The molecule has 0 saturated carbocycles. The second-order valence-corrected chi connectivity index (χ2v) is 6.33. The summed E-state index contributed by atoms with van der Waals surface area (Å²) in [7, 11) is 0. The highest BCUT2D eigenvalue weighted by Crippen LogP contribution is 2.21. The summed E-state index contributed by atoms with van der Waals surface area (Å²) in [4.78, 5) is 15.8. The van der Waals surface area contributed by atoms with Gasteiger partial charge in [0.15, 0.2) is 0 Å². The van der Waals surface area contributed by atoms with Gasteiger partial charge in [-0.25, -0.2) is 4.79 Å². The molecule has 0 aromatic heterocycles. The Balaban J connectivity index is 1.59. The van der Waals surface area contributed by atoms with Gasteiger partial charge in [-0.15, -0.1) is 0 Å². The number of aromatic carboxylic acids is 1. The second kappa shape index (κ2) is 8.03. The maximum absolute atomic E-state index is 10.9. The lowest BCUT2D eigenvalue weighted by Crippen LogP contribution is -2.46. The van der Waals surface area contributed by atoms with Gasteiger partial charge >= 0.3 is 5.97 Å². The van der Waals surface area contributed by atoms with Gasteiger partial charge in [-0.1, -0.05) is 25.1 Å². The number of benzene rings is 2. The van der Waals surface area contributed by atoms with Crippen LogP contribution in [0, 0.1) is 0 Å². The average Bonchev–Trinajstić information content (AvgIpc) is 2.67. The van der Waals surface area contributed by atoms with E-state index in [1.807, 2.05) is 12.1 Å². The van der Waals surface area contributed by atoms with Gasteiger partial charge in [0.1, 0.15) is 0 Å². The van der Waals surface area contributed by atoms with Crippen LogP contribution in [0.1, 0.15) is 22.8 Å². The van der Waals surface area contributed by atoms with Gasteiger partial charge in [0.2, 0.25) is 0 Å². The fraction of sp³-hybridized carbons (Fsp3) is 0.350. The number of hydrogen-bond donors (Lipinski definition) is 2. The zero-order valence-corrected chi connectivity index (χ0v) is 14.6. The number of anilines is 2. The number of piperazine rings is 1. The number of nitrogens with one attached hydrogen (secondary N) is 1. The summed E-state index contributed by atoms with van der Waals surface area (Å²) in [5.74, 6) is -0.893. The Labute approximate surface area is 148 Å². The van der Waals surface area contributed by atoms with Crippen LogP contribution in [0.25, 0.3) is 0 Å². The first kappa shape index (κ1) is 17.3. The molecule has 0 amide bonds. The Morgan fingerprint density at radius 3 is 2.44 bits per heavy atom. The Hall–Kier alpha value is -2.53. The number of rotatable bonds is 6. The van der Waals surface area contributed by atoms with Crippen LogP contribution in [0.15, 0.2) is 48.5 Å². The third kappa shape index (κ3) is 4.51. The summed E-state index contributed by atoms with van der Waals surface area (Å²) in [5.41, 5.74) is 3.71. The fourth-order valence-electron chi connectivity index (χ4n) is 3.10. The number of nitrogens with zero attached hydrogens (tertiary/aromatic N) is 2. The second-order valence-electron chi connectivity index (χ2n) is 6.33. The number of likely N-dealkylation sites (N-methyl/N-ethyl adjacent to an activating group) is 1. The molecule has 1 fully saturated rings. The van der Waals surface area contributed by atoms with Crippen LogP contribution in [-0.2, 0) is 6.54 Å². The van der Waals surface area contributed by atoms with Gasteiger partial charge in [0, 0.05) is 44.1 Å². The highest BCUT2D eigenvalue weighted by Gasteiger charge is 2.15. The van der Waals surface area contributed by atoms with Crippen molar-refractivity contribution in [1.82, 2.24) is 4.90 Å². The molecular formula is C20H25N3O2. The third-order valence-corrected chi connectivity index (χ3v) is 4.73. The molecule has 2 aromatic carbocycles. The van der Waals surface area contributed by atoms with E-state index in [-0.39, 0.29) is 0 Å². The standard InChI is InChI=1S/C20H25N3O2/c1-2-22-10-12-23(13-11-22)19-5-3-4-18(14-19)21-15-16-6-8-17(9-7-16)20(24)25/h3-9,14,21H,2,10-13,15H2,1H3,(H,24,25). The molecule has 0 spiro atoms. The maximum Gasteiger partial charge on any atom is 0.335 e. The molecule has 0 aliphatic carbocycles. The Kier molecular flexibility index (Phi) is 5.56. The molecule has 2 N–H and O–H groups in total. The van der Waals surface area contributed by atoms with Crippen molar-refractivity contribution in [3.05, 3.63) is 59.7 Å². The molecule has 0 radical (unpaired) electrons. The average molecular weight is 339 g/mol. The van der Waals surface area contributed by atoms with Gasteiger partial charge in [0.25, 0.3) is 0 Å². The minimum absolute atomic E-state index is 0.317. The summed E-state index contributed by atoms with van der Waals surface area (Å²) in [6, 6.07) is 15.5. The molecule has 2 aromatic rings. The molecule has 1 aliphatic rings. The van der Waals surface area contributed by atoms with Crippen LogP contribution in [-0.4, -0.2) is 48.7 Å². The van der Waals surface area contributed by atoms with Gasteiger partial charge in [-0.05, 0) is 42.4 Å². The normalized spacial score (nSPS) is 15.2. The van der Waals surface area contributed by atoms with Crippen molar-refractivity contribution in [1.29, 1.82) is 0 Å². The molecule has 1 saturated heterocycles. The highest BCUT2D eigenvalue weighted by molar-refractivity contribution is 5.87. The highest BCUT2D eigenvalue weighted by atomic mass is 16.4. The zero-order valence-electron chi connectivity index (χ0n) is 14.6. The predicted molar refractivity (Wildman–Crippen MR) is 101 cm³/mol. The molecule has 1 aliphatic heterocycles. The molecule has 132 valence electrons. The smallest absolute Gasteiger partial charge is 0.335 e. The largest absolute Gasteiger partial charge is 0.478 e. The van der Waals surface area contributed by atoms with E-state index in [0.29, 0.717) is 12.1 Å². The molecule has 0 unspecified atom stereocenters. The summed E-state index contributed by atoms with van der Waals surface area (Å²) >= 11 is 0.